The van der Waals surface area contributed by atoms with Crippen molar-refractivity contribution in [1.29, 1.82) is 5.26 Å². The third kappa shape index (κ3) is 5.54. The number of amides is 1. The van der Waals surface area contributed by atoms with Crippen LogP contribution in [-0.4, -0.2) is 36.5 Å². The summed E-state index contributed by atoms with van der Waals surface area (Å²) in [4.78, 5) is 25.2. The minimum Gasteiger partial charge on any atom is -0.457 e. The average Bonchev–Trinajstić information content (AvgIpc) is 3.12. The Kier molecular flexibility index (Phi) is 6.89. The lowest BCUT2D eigenvalue weighted by atomic mass is 10.1. The Hall–Kier alpha value is -3.40. The Bertz CT molecular complexity index is 882. The molecule has 140 valence electrons. The predicted octanol–water partition coefficient (Wildman–Crippen LogP) is 3.40. The summed E-state index contributed by atoms with van der Waals surface area (Å²) < 4.78 is 24.3. The largest absolute Gasteiger partial charge is 0.457 e. The summed E-state index contributed by atoms with van der Waals surface area (Å²) in [6.45, 7) is 1.72. The summed E-state index contributed by atoms with van der Waals surface area (Å²) in [6, 6.07) is 11.3. The van der Waals surface area contributed by atoms with Crippen molar-refractivity contribution >= 4 is 18.0 Å². The Balaban J connectivity index is 1.94. The minimum absolute atomic E-state index is 0.200. The zero-order valence-electron chi connectivity index (χ0n) is 15.0. The molecule has 0 radical (unpaired) electrons. The maximum atomic E-state index is 13.8. The number of likely N-dealkylation sites (N-methyl/N-ethyl adjacent to an activating group) is 1. The molecule has 0 aliphatic carbocycles. The number of ether oxygens (including phenoxy) is 1. The van der Waals surface area contributed by atoms with E-state index in [2.05, 4.69) is 0 Å². The molecule has 0 spiro atoms. The Morgan fingerprint density at radius 1 is 1.33 bits per heavy atom. The van der Waals surface area contributed by atoms with E-state index in [9.17, 15) is 14.0 Å². The first kappa shape index (κ1) is 19.9. The molecule has 2 rings (SSSR count). The van der Waals surface area contributed by atoms with Gasteiger partial charge in [0.2, 0.25) is 0 Å². The van der Waals surface area contributed by atoms with E-state index in [0.29, 0.717) is 17.1 Å². The maximum Gasteiger partial charge on any atom is 0.331 e. The van der Waals surface area contributed by atoms with Gasteiger partial charge in [0, 0.05) is 19.7 Å². The van der Waals surface area contributed by atoms with Gasteiger partial charge < -0.3 is 14.1 Å². The van der Waals surface area contributed by atoms with Crippen molar-refractivity contribution in [2.45, 2.75) is 19.4 Å². The first-order chi connectivity index (χ1) is 12.9. The molecule has 1 amide bonds. The summed E-state index contributed by atoms with van der Waals surface area (Å²) in [5, 5.41) is 8.54. The molecule has 1 atom stereocenters. The van der Waals surface area contributed by atoms with E-state index >= 15 is 0 Å². The maximum absolute atomic E-state index is 13.8. The number of nitrogens with zero attached hydrogens (tertiary/aromatic N) is 2. The van der Waals surface area contributed by atoms with Gasteiger partial charge in [0.25, 0.3) is 5.91 Å². The van der Waals surface area contributed by atoms with Crippen LogP contribution in [0.25, 0.3) is 17.4 Å². The highest BCUT2D eigenvalue weighted by Gasteiger charge is 2.20. The van der Waals surface area contributed by atoms with Crippen LogP contribution < -0.4 is 0 Å². The van der Waals surface area contributed by atoms with Crippen LogP contribution in [0, 0.1) is 17.1 Å². The normalized spacial score (nSPS) is 11.8. The van der Waals surface area contributed by atoms with Crippen LogP contribution in [0.1, 0.15) is 19.1 Å². The second-order valence-corrected chi connectivity index (χ2v) is 5.76. The highest BCUT2D eigenvalue weighted by atomic mass is 19.1. The molecule has 0 N–H and O–H groups in total. The van der Waals surface area contributed by atoms with E-state index in [1.54, 1.807) is 30.3 Å². The molecule has 27 heavy (non-hydrogen) atoms. The second kappa shape index (κ2) is 9.34. The van der Waals surface area contributed by atoms with Crippen LogP contribution in [0.15, 0.2) is 46.9 Å². The SMILES string of the molecule is C[C@@H](OC(=O)/C=C/c1ccc(-c2ccccc2F)o1)C(=O)N(C)CCC#N. The Labute approximate surface area is 156 Å². The van der Waals surface area contributed by atoms with E-state index in [-0.39, 0.29) is 13.0 Å². The second-order valence-electron chi connectivity index (χ2n) is 5.76. The first-order valence-corrected chi connectivity index (χ1v) is 8.27. The molecule has 1 aromatic carbocycles. The van der Waals surface area contributed by atoms with Gasteiger partial charge in [-0.05, 0) is 37.3 Å². The number of benzene rings is 1. The van der Waals surface area contributed by atoms with Gasteiger partial charge in [-0.25, -0.2) is 9.18 Å². The summed E-state index contributed by atoms with van der Waals surface area (Å²) in [5.41, 5.74) is 0.319. The van der Waals surface area contributed by atoms with Crippen molar-refractivity contribution in [3.63, 3.8) is 0 Å². The summed E-state index contributed by atoms with van der Waals surface area (Å²) in [6.07, 6.45) is 1.73. The molecular weight excluding hydrogens is 351 g/mol. The van der Waals surface area contributed by atoms with E-state index in [0.717, 1.165) is 6.08 Å². The third-order valence-electron chi connectivity index (χ3n) is 3.73. The van der Waals surface area contributed by atoms with Crippen LogP contribution in [-0.2, 0) is 14.3 Å². The Morgan fingerprint density at radius 2 is 2.07 bits per heavy atom. The van der Waals surface area contributed by atoms with Crippen molar-refractivity contribution < 1.29 is 23.1 Å². The van der Waals surface area contributed by atoms with Gasteiger partial charge in [-0.2, -0.15) is 5.26 Å². The molecule has 1 heterocycles. The quantitative estimate of drug-likeness (QED) is 0.551. The number of carbonyl (C=O) groups is 2. The van der Waals surface area contributed by atoms with Gasteiger partial charge in [-0.1, -0.05) is 12.1 Å². The summed E-state index contributed by atoms with van der Waals surface area (Å²) in [7, 11) is 1.53. The monoisotopic (exact) mass is 370 g/mol. The van der Waals surface area contributed by atoms with E-state index in [1.165, 1.54) is 31.0 Å². The number of halogens is 1. The molecule has 0 bridgehead atoms. The molecule has 0 unspecified atom stereocenters. The lowest BCUT2D eigenvalue weighted by molar-refractivity contribution is -0.154. The standard InChI is InChI=1S/C20H19FN2O4/c1-14(20(25)23(2)13-5-12-22)26-19(24)11-9-15-8-10-18(27-15)16-6-3-4-7-17(16)21/h3-4,6-11,14H,5,13H2,1-2H3/b11-9+/t14-/m1/s1. The van der Waals surface area contributed by atoms with Crippen LogP contribution in [0.3, 0.4) is 0 Å². The molecule has 0 saturated carbocycles. The average molecular weight is 370 g/mol. The van der Waals surface area contributed by atoms with Crippen molar-refractivity contribution in [3.8, 4) is 17.4 Å². The van der Waals surface area contributed by atoms with Crippen LogP contribution in [0.2, 0.25) is 0 Å². The van der Waals surface area contributed by atoms with E-state index in [1.807, 2.05) is 6.07 Å². The van der Waals surface area contributed by atoms with Gasteiger partial charge in [0.05, 0.1) is 18.1 Å². The van der Waals surface area contributed by atoms with Crippen molar-refractivity contribution in [3.05, 3.63) is 54.1 Å². The van der Waals surface area contributed by atoms with Gasteiger partial charge >= 0.3 is 5.97 Å². The van der Waals surface area contributed by atoms with Gasteiger partial charge in [0.15, 0.2) is 6.10 Å². The zero-order valence-corrected chi connectivity index (χ0v) is 15.0. The minimum atomic E-state index is -0.976. The molecular formula is C20H19FN2O4. The molecule has 0 saturated heterocycles. The number of carbonyl (C=O) groups excluding carboxylic acids is 2. The van der Waals surface area contributed by atoms with Crippen molar-refractivity contribution in [2.75, 3.05) is 13.6 Å². The molecule has 7 heteroatoms. The highest BCUT2D eigenvalue weighted by molar-refractivity contribution is 5.90. The first-order valence-electron chi connectivity index (χ1n) is 8.27. The number of esters is 1. The number of nitriles is 1. The fraction of sp³-hybridized carbons (Fsp3) is 0.250. The number of furan rings is 1. The molecule has 0 aliphatic rings. The molecule has 6 nitrogen and oxygen atoms in total. The third-order valence-corrected chi connectivity index (χ3v) is 3.73. The van der Waals surface area contributed by atoms with Crippen LogP contribution >= 0.6 is 0 Å². The lowest BCUT2D eigenvalue weighted by Crippen LogP contribution is -2.37. The van der Waals surface area contributed by atoms with E-state index < -0.39 is 23.8 Å². The van der Waals surface area contributed by atoms with Crippen molar-refractivity contribution in [1.82, 2.24) is 4.90 Å². The predicted molar refractivity (Wildman–Crippen MR) is 96.6 cm³/mol. The van der Waals surface area contributed by atoms with Gasteiger partial charge in [-0.15, -0.1) is 0 Å². The number of rotatable bonds is 7. The number of hydrogen-bond donors (Lipinski definition) is 0. The molecule has 2 aromatic rings. The molecule has 0 aliphatic heterocycles. The highest BCUT2D eigenvalue weighted by Crippen LogP contribution is 2.25. The molecule has 0 fully saturated rings. The van der Waals surface area contributed by atoms with Crippen LogP contribution in [0.5, 0.6) is 0 Å². The zero-order chi connectivity index (χ0) is 19.8. The van der Waals surface area contributed by atoms with Crippen LogP contribution in [0.4, 0.5) is 4.39 Å². The lowest BCUT2D eigenvalue weighted by Gasteiger charge is -2.19. The van der Waals surface area contributed by atoms with Crippen molar-refractivity contribution in [2.24, 2.45) is 0 Å². The molecule has 1 aromatic heterocycles. The fourth-order valence-corrected chi connectivity index (χ4v) is 2.30. The smallest absolute Gasteiger partial charge is 0.331 e. The number of hydrogen-bond acceptors (Lipinski definition) is 5. The Morgan fingerprint density at radius 3 is 2.78 bits per heavy atom. The fourth-order valence-electron chi connectivity index (χ4n) is 2.30. The summed E-state index contributed by atoms with van der Waals surface area (Å²) >= 11 is 0. The van der Waals surface area contributed by atoms with Gasteiger partial charge in [-0.3, -0.25) is 4.79 Å². The van der Waals surface area contributed by atoms with E-state index in [4.69, 9.17) is 14.4 Å². The van der Waals surface area contributed by atoms with Gasteiger partial charge in [0.1, 0.15) is 17.3 Å². The summed E-state index contributed by atoms with van der Waals surface area (Å²) in [5.74, 6) is -0.839. The topological polar surface area (TPSA) is 83.5 Å².